The van der Waals surface area contributed by atoms with Crippen LogP contribution in [0.4, 0.5) is 5.69 Å². The van der Waals surface area contributed by atoms with E-state index in [0.29, 0.717) is 16.3 Å². The molecule has 0 fully saturated rings. The van der Waals surface area contributed by atoms with Crippen LogP contribution >= 0.6 is 11.6 Å². The van der Waals surface area contributed by atoms with Gasteiger partial charge in [-0.3, -0.25) is 13.9 Å². The fraction of sp³-hybridized carbons (Fsp3) is 0.355. The van der Waals surface area contributed by atoms with Gasteiger partial charge in [0.2, 0.25) is 11.8 Å². The zero-order valence-corrected chi connectivity index (χ0v) is 25.5. The molecule has 2 amide bonds. The van der Waals surface area contributed by atoms with Gasteiger partial charge in [-0.05, 0) is 75.1 Å². The van der Waals surface area contributed by atoms with Crippen LogP contribution in [0, 0.1) is 0 Å². The summed E-state index contributed by atoms with van der Waals surface area (Å²) in [5.41, 5.74) is 1.52. The SMILES string of the molecule is CC(C)c1ccc(N(CC(=O)N(Cc2ccccc2Cl)[C@@H](C)C(=O)NC(C)(C)C)S(=O)(=O)c2ccccc2)cc1. The number of amides is 2. The summed E-state index contributed by atoms with van der Waals surface area (Å²) in [5, 5.41) is 3.36. The monoisotopic (exact) mass is 583 g/mol. The van der Waals surface area contributed by atoms with Crippen molar-refractivity contribution in [3.05, 3.63) is 95.0 Å². The molecule has 0 unspecified atom stereocenters. The molecule has 3 aromatic rings. The van der Waals surface area contributed by atoms with Gasteiger partial charge in [0.05, 0.1) is 10.6 Å². The van der Waals surface area contributed by atoms with Crippen molar-refractivity contribution in [3.8, 4) is 0 Å². The van der Waals surface area contributed by atoms with Crippen molar-refractivity contribution in [3.63, 3.8) is 0 Å². The van der Waals surface area contributed by atoms with Crippen LogP contribution in [0.25, 0.3) is 0 Å². The van der Waals surface area contributed by atoms with Gasteiger partial charge in [-0.1, -0.05) is 74.0 Å². The van der Waals surface area contributed by atoms with Gasteiger partial charge in [0.25, 0.3) is 10.0 Å². The van der Waals surface area contributed by atoms with Gasteiger partial charge in [0, 0.05) is 17.1 Å². The number of nitrogens with one attached hydrogen (secondary N) is 1. The summed E-state index contributed by atoms with van der Waals surface area (Å²) in [4.78, 5) is 28.6. The van der Waals surface area contributed by atoms with Gasteiger partial charge in [-0.25, -0.2) is 8.42 Å². The number of carbonyl (C=O) groups is 2. The third-order valence-electron chi connectivity index (χ3n) is 6.42. The minimum absolute atomic E-state index is 0.0305. The lowest BCUT2D eigenvalue weighted by Gasteiger charge is -2.33. The molecule has 3 aromatic carbocycles. The lowest BCUT2D eigenvalue weighted by molar-refractivity contribution is -0.140. The van der Waals surface area contributed by atoms with E-state index in [1.54, 1.807) is 61.5 Å². The Kier molecular flexibility index (Phi) is 10.0. The number of hydrogen-bond donors (Lipinski definition) is 1. The van der Waals surface area contributed by atoms with E-state index in [1.807, 2.05) is 46.8 Å². The van der Waals surface area contributed by atoms with E-state index in [2.05, 4.69) is 5.32 Å². The summed E-state index contributed by atoms with van der Waals surface area (Å²) >= 11 is 6.41. The van der Waals surface area contributed by atoms with E-state index in [9.17, 15) is 18.0 Å². The minimum Gasteiger partial charge on any atom is -0.350 e. The van der Waals surface area contributed by atoms with Crippen molar-refractivity contribution >= 4 is 39.1 Å². The Morgan fingerprint density at radius 2 is 1.45 bits per heavy atom. The summed E-state index contributed by atoms with van der Waals surface area (Å²) < 4.78 is 28.8. The smallest absolute Gasteiger partial charge is 0.264 e. The fourth-order valence-corrected chi connectivity index (χ4v) is 5.77. The van der Waals surface area contributed by atoms with Crippen LogP contribution in [0.15, 0.2) is 83.8 Å². The third-order valence-corrected chi connectivity index (χ3v) is 8.58. The first-order chi connectivity index (χ1) is 18.7. The molecule has 0 aliphatic rings. The first-order valence-corrected chi connectivity index (χ1v) is 15.0. The minimum atomic E-state index is -4.11. The molecule has 1 atom stereocenters. The highest BCUT2D eigenvalue weighted by molar-refractivity contribution is 7.92. The van der Waals surface area contributed by atoms with Gasteiger partial charge in [-0.2, -0.15) is 0 Å². The molecule has 3 rings (SSSR count). The van der Waals surface area contributed by atoms with Crippen LogP contribution in [-0.2, 0) is 26.2 Å². The van der Waals surface area contributed by atoms with Crippen LogP contribution in [0.3, 0.4) is 0 Å². The highest BCUT2D eigenvalue weighted by Gasteiger charge is 2.33. The largest absolute Gasteiger partial charge is 0.350 e. The van der Waals surface area contributed by atoms with Gasteiger partial charge in [0.15, 0.2) is 0 Å². The Bertz CT molecular complexity index is 1420. The molecule has 0 saturated carbocycles. The maximum Gasteiger partial charge on any atom is 0.264 e. The molecule has 0 aliphatic carbocycles. The molecule has 0 spiro atoms. The van der Waals surface area contributed by atoms with Crippen LogP contribution in [0.5, 0.6) is 0 Å². The Labute approximate surface area is 243 Å². The summed E-state index contributed by atoms with van der Waals surface area (Å²) in [6.45, 7) is 10.8. The van der Waals surface area contributed by atoms with Crippen molar-refractivity contribution in [2.45, 2.75) is 70.5 Å². The topological polar surface area (TPSA) is 86.8 Å². The van der Waals surface area contributed by atoms with Crippen molar-refractivity contribution in [2.75, 3.05) is 10.8 Å². The molecule has 0 aromatic heterocycles. The molecule has 0 bridgehead atoms. The average molecular weight is 584 g/mol. The quantitative estimate of drug-likeness (QED) is 0.317. The number of carbonyl (C=O) groups excluding carboxylic acids is 2. The number of benzene rings is 3. The van der Waals surface area contributed by atoms with Gasteiger partial charge < -0.3 is 10.2 Å². The Morgan fingerprint density at radius 1 is 0.875 bits per heavy atom. The predicted molar refractivity (Wildman–Crippen MR) is 161 cm³/mol. The fourth-order valence-electron chi connectivity index (χ4n) is 4.14. The van der Waals surface area contributed by atoms with Crippen molar-refractivity contribution in [2.24, 2.45) is 0 Å². The molecule has 40 heavy (non-hydrogen) atoms. The molecule has 0 aliphatic heterocycles. The van der Waals surface area contributed by atoms with E-state index >= 15 is 0 Å². The molecule has 9 heteroatoms. The van der Waals surface area contributed by atoms with Crippen molar-refractivity contribution < 1.29 is 18.0 Å². The van der Waals surface area contributed by atoms with E-state index in [1.165, 1.54) is 17.0 Å². The summed E-state index contributed by atoms with van der Waals surface area (Å²) in [7, 11) is -4.11. The zero-order valence-electron chi connectivity index (χ0n) is 23.9. The van der Waals surface area contributed by atoms with Gasteiger partial charge >= 0.3 is 0 Å². The molecule has 0 radical (unpaired) electrons. The molecular formula is C31H38ClN3O4S. The Hall–Kier alpha value is -3.36. The van der Waals surface area contributed by atoms with Crippen LogP contribution in [0.1, 0.15) is 58.6 Å². The maximum absolute atomic E-state index is 14.0. The molecule has 7 nitrogen and oxygen atoms in total. The average Bonchev–Trinajstić information content (AvgIpc) is 2.90. The van der Waals surface area contributed by atoms with E-state index < -0.39 is 34.1 Å². The summed E-state index contributed by atoms with van der Waals surface area (Å²) in [6.07, 6.45) is 0. The Balaban J connectivity index is 2.05. The maximum atomic E-state index is 14.0. The molecular weight excluding hydrogens is 546 g/mol. The lowest BCUT2D eigenvalue weighted by Crippen LogP contribution is -2.54. The number of rotatable bonds is 10. The second-order valence-electron chi connectivity index (χ2n) is 11.1. The summed E-state index contributed by atoms with van der Waals surface area (Å²) in [5.74, 6) is -0.640. The van der Waals surface area contributed by atoms with E-state index in [-0.39, 0.29) is 23.3 Å². The molecule has 0 saturated heterocycles. The number of hydrogen-bond acceptors (Lipinski definition) is 4. The highest BCUT2D eigenvalue weighted by Crippen LogP contribution is 2.27. The lowest BCUT2D eigenvalue weighted by atomic mass is 10.0. The second kappa shape index (κ2) is 12.9. The second-order valence-corrected chi connectivity index (χ2v) is 13.4. The van der Waals surface area contributed by atoms with Crippen LogP contribution < -0.4 is 9.62 Å². The molecule has 214 valence electrons. The predicted octanol–water partition coefficient (Wildman–Crippen LogP) is 5.99. The van der Waals surface area contributed by atoms with E-state index in [4.69, 9.17) is 11.6 Å². The van der Waals surface area contributed by atoms with Crippen LogP contribution in [0.2, 0.25) is 5.02 Å². The van der Waals surface area contributed by atoms with Gasteiger partial charge in [-0.15, -0.1) is 0 Å². The number of anilines is 1. The normalized spacial score (nSPS) is 12.6. The van der Waals surface area contributed by atoms with Crippen molar-refractivity contribution in [1.82, 2.24) is 10.2 Å². The first-order valence-electron chi connectivity index (χ1n) is 13.2. The number of halogens is 1. The standard InChI is InChI=1S/C31H38ClN3O4S/c1-22(2)24-16-18-26(19-17-24)35(40(38,39)27-13-8-7-9-14-27)21-29(36)34(20-25-12-10-11-15-28(25)32)23(3)30(37)33-31(4,5)6/h7-19,22-23H,20-21H2,1-6H3,(H,33,37)/t23-/m0/s1. The highest BCUT2D eigenvalue weighted by atomic mass is 35.5. The summed E-state index contributed by atoms with van der Waals surface area (Å²) in [6, 6.07) is 21.3. The molecule has 1 N–H and O–H groups in total. The first kappa shape index (κ1) is 31.2. The van der Waals surface area contributed by atoms with Gasteiger partial charge in [0.1, 0.15) is 12.6 Å². The van der Waals surface area contributed by atoms with Crippen LogP contribution in [-0.4, -0.2) is 43.3 Å². The Morgan fingerprint density at radius 3 is 2.00 bits per heavy atom. The molecule has 0 heterocycles. The number of sulfonamides is 1. The number of nitrogens with zero attached hydrogens (tertiary/aromatic N) is 2. The van der Waals surface area contributed by atoms with E-state index in [0.717, 1.165) is 9.87 Å². The van der Waals surface area contributed by atoms with Crippen molar-refractivity contribution in [1.29, 1.82) is 0 Å². The zero-order chi connectivity index (χ0) is 29.7. The third kappa shape index (κ3) is 7.86.